The maximum atomic E-state index is 13.2. The molecule has 1 aliphatic carbocycles. The number of rotatable bonds is 1. The van der Waals surface area contributed by atoms with E-state index in [1.165, 1.54) is 19.3 Å². The highest BCUT2D eigenvalue weighted by Crippen LogP contribution is 2.30. The van der Waals surface area contributed by atoms with Gasteiger partial charge >= 0.3 is 0 Å². The molecule has 0 spiro atoms. The molecule has 0 N–H and O–H groups in total. The summed E-state index contributed by atoms with van der Waals surface area (Å²) in [6.07, 6.45) is 8.23. The fraction of sp³-hybridized carbons (Fsp3) is 0.800. The summed E-state index contributed by atoms with van der Waals surface area (Å²) in [6.45, 7) is 1.35. The predicted molar refractivity (Wildman–Crippen MR) is 46.4 cm³/mol. The van der Waals surface area contributed by atoms with Crippen LogP contribution in [-0.2, 0) is 0 Å². The number of hydrogen-bond acceptors (Lipinski definition) is 1. The molecule has 1 heterocycles. The Bertz CT molecular complexity index is 204. The lowest BCUT2D eigenvalue weighted by Gasteiger charge is -2.34. The molecule has 66 valence electrons. The van der Waals surface area contributed by atoms with Gasteiger partial charge in [-0.3, -0.25) is 4.90 Å². The van der Waals surface area contributed by atoms with Crippen LogP contribution in [0.2, 0.25) is 0 Å². The van der Waals surface area contributed by atoms with E-state index in [0.29, 0.717) is 12.6 Å². The predicted octanol–water partition coefficient (Wildman–Crippen LogP) is 1.44. The van der Waals surface area contributed by atoms with E-state index in [1.807, 2.05) is 0 Å². The van der Waals surface area contributed by atoms with E-state index in [9.17, 15) is 4.39 Å². The van der Waals surface area contributed by atoms with Crippen molar-refractivity contribution in [1.29, 1.82) is 0 Å². The van der Waals surface area contributed by atoms with E-state index in [-0.39, 0.29) is 5.92 Å². The van der Waals surface area contributed by atoms with Gasteiger partial charge in [0.05, 0.1) is 5.92 Å². The minimum absolute atomic E-state index is 0.148. The van der Waals surface area contributed by atoms with Gasteiger partial charge in [-0.15, -0.1) is 6.42 Å². The molecule has 1 saturated carbocycles. The zero-order chi connectivity index (χ0) is 8.55. The van der Waals surface area contributed by atoms with E-state index in [0.717, 1.165) is 6.54 Å². The van der Waals surface area contributed by atoms with Crippen molar-refractivity contribution < 1.29 is 4.39 Å². The van der Waals surface area contributed by atoms with Crippen LogP contribution in [0.1, 0.15) is 19.3 Å². The quantitative estimate of drug-likeness (QED) is 0.534. The van der Waals surface area contributed by atoms with Crippen molar-refractivity contribution >= 4 is 0 Å². The first-order valence-corrected chi connectivity index (χ1v) is 4.65. The van der Waals surface area contributed by atoms with Gasteiger partial charge < -0.3 is 0 Å². The largest absolute Gasteiger partial charge is 0.296 e. The first kappa shape index (κ1) is 8.07. The van der Waals surface area contributed by atoms with Crippen molar-refractivity contribution in [2.75, 3.05) is 13.1 Å². The highest BCUT2D eigenvalue weighted by molar-refractivity contribution is 5.04. The van der Waals surface area contributed by atoms with Crippen molar-refractivity contribution in [2.45, 2.75) is 31.5 Å². The van der Waals surface area contributed by atoms with Crippen LogP contribution in [0.25, 0.3) is 0 Å². The lowest BCUT2D eigenvalue weighted by molar-refractivity contribution is 0.148. The third-order valence-corrected chi connectivity index (χ3v) is 3.08. The van der Waals surface area contributed by atoms with E-state index in [1.54, 1.807) is 0 Å². The molecule has 0 unspecified atom stereocenters. The zero-order valence-corrected chi connectivity index (χ0v) is 7.17. The average Bonchev–Trinajstić information content (AvgIpc) is 2.27. The van der Waals surface area contributed by atoms with Crippen LogP contribution >= 0.6 is 0 Å². The SMILES string of the molecule is C#C[C@H]1CN(C2CCC2)C[C@H]1F. The molecule has 0 aromatic heterocycles. The van der Waals surface area contributed by atoms with Crippen LogP contribution in [0.4, 0.5) is 4.39 Å². The molecular formula is C10H14FN. The molecule has 2 fully saturated rings. The standard InChI is InChI=1S/C10H14FN/c1-2-8-6-12(7-10(8)11)9-4-3-5-9/h1,8-10H,3-7H2/t8-,10+/m0/s1. The molecular weight excluding hydrogens is 153 g/mol. The molecule has 1 aliphatic heterocycles. The second-order valence-electron chi connectivity index (χ2n) is 3.83. The number of hydrogen-bond donors (Lipinski definition) is 0. The number of terminal acetylenes is 1. The Morgan fingerprint density at radius 2 is 2.08 bits per heavy atom. The average molecular weight is 167 g/mol. The molecule has 0 aromatic rings. The Labute approximate surface area is 72.9 Å². The van der Waals surface area contributed by atoms with Crippen LogP contribution < -0.4 is 0 Å². The Balaban J connectivity index is 1.92. The summed E-state index contributed by atoms with van der Waals surface area (Å²) in [5.74, 6) is 2.38. The lowest BCUT2D eigenvalue weighted by atomic mass is 9.92. The molecule has 2 atom stereocenters. The fourth-order valence-corrected chi connectivity index (χ4v) is 2.00. The van der Waals surface area contributed by atoms with Crippen molar-refractivity contribution in [2.24, 2.45) is 5.92 Å². The number of halogens is 1. The van der Waals surface area contributed by atoms with Crippen LogP contribution in [0, 0.1) is 18.3 Å². The number of likely N-dealkylation sites (tertiary alicyclic amines) is 1. The Kier molecular flexibility index (Phi) is 2.06. The summed E-state index contributed by atoms with van der Waals surface area (Å²) in [4.78, 5) is 2.22. The van der Waals surface area contributed by atoms with Crippen LogP contribution in [0.5, 0.6) is 0 Å². The summed E-state index contributed by atoms with van der Waals surface area (Å²) in [6, 6.07) is 0.640. The van der Waals surface area contributed by atoms with Gasteiger partial charge in [0.15, 0.2) is 0 Å². The second-order valence-corrected chi connectivity index (χ2v) is 3.83. The summed E-state index contributed by atoms with van der Waals surface area (Å²) in [5.41, 5.74) is 0. The molecule has 2 heteroatoms. The molecule has 1 saturated heterocycles. The van der Waals surface area contributed by atoms with E-state index < -0.39 is 6.17 Å². The highest BCUT2D eigenvalue weighted by atomic mass is 19.1. The van der Waals surface area contributed by atoms with Gasteiger partial charge in [-0.05, 0) is 12.8 Å². The summed E-state index contributed by atoms with van der Waals surface area (Å²) < 4.78 is 13.2. The molecule has 1 nitrogen and oxygen atoms in total. The van der Waals surface area contributed by atoms with E-state index in [4.69, 9.17) is 6.42 Å². The third kappa shape index (κ3) is 1.23. The van der Waals surface area contributed by atoms with Crippen LogP contribution in [-0.4, -0.2) is 30.2 Å². The Hall–Kier alpha value is -0.550. The first-order valence-electron chi connectivity index (χ1n) is 4.65. The van der Waals surface area contributed by atoms with Crippen molar-refractivity contribution in [1.82, 2.24) is 4.90 Å². The van der Waals surface area contributed by atoms with Crippen molar-refractivity contribution in [3.8, 4) is 12.3 Å². The normalized spacial score (nSPS) is 37.7. The zero-order valence-electron chi connectivity index (χ0n) is 7.17. The van der Waals surface area contributed by atoms with Gasteiger partial charge in [0, 0.05) is 19.1 Å². The topological polar surface area (TPSA) is 3.24 Å². The minimum Gasteiger partial charge on any atom is -0.296 e. The Morgan fingerprint density at radius 1 is 1.33 bits per heavy atom. The maximum absolute atomic E-state index is 13.2. The minimum atomic E-state index is -0.782. The van der Waals surface area contributed by atoms with Gasteiger partial charge in [-0.2, -0.15) is 0 Å². The van der Waals surface area contributed by atoms with E-state index in [2.05, 4.69) is 10.8 Å². The van der Waals surface area contributed by atoms with E-state index >= 15 is 0 Å². The molecule has 2 rings (SSSR count). The Morgan fingerprint density at radius 3 is 2.50 bits per heavy atom. The molecule has 0 amide bonds. The smallest absolute Gasteiger partial charge is 0.128 e. The van der Waals surface area contributed by atoms with Gasteiger partial charge in [0.25, 0.3) is 0 Å². The highest BCUT2D eigenvalue weighted by Gasteiger charge is 2.36. The van der Waals surface area contributed by atoms with Gasteiger partial charge in [-0.25, -0.2) is 4.39 Å². The molecule has 0 aromatic carbocycles. The van der Waals surface area contributed by atoms with Crippen molar-refractivity contribution in [3.05, 3.63) is 0 Å². The summed E-state index contributed by atoms with van der Waals surface area (Å²) >= 11 is 0. The first-order chi connectivity index (χ1) is 5.81. The lowest BCUT2D eigenvalue weighted by Crippen LogP contribution is -2.38. The summed E-state index contributed by atoms with van der Waals surface area (Å²) in [5, 5.41) is 0. The monoisotopic (exact) mass is 167 g/mol. The third-order valence-electron chi connectivity index (χ3n) is 3.08. The van der Waals surface area contributed by atoms with Gasteiger partial charge in [-0.1, -0.05) is 12.3 Å². The van der Waals surface area contributed by atoms with Crippen LogP contribution in [0.3, 0.4) is 0 Å². The van der Waals surface area contributed by atoms with Crippen LogP contribution in [0.15, 0.2) is 0 Å². The molecule has 2 aliphatic rings. The molecule has 0 bridgehead atoms. The second kappa shape index (κ2) is 3.06. The van der Waals surface area contributed by atoms with Gasteiger partial charge in [0.2, 0.25) is 0 Å². The maximum Gasteiger partial charge on any atom is 0.128 e. The number of alkyl halides is 1. The fourth-order valence-electron chi connectivity index (χ4n) is 2.00. The van der Waals surface area contributed by atoms with Gasteiger partial charge in [0.1, 0.15) is 6.17 Å². The number of nitrogens with zero attached hydrogens (tertiary/aromatic N) is 1. The summed E-state index contributed by atoms with van der Waals surface area (Å²) in [7, 11) is 0. The van der Waals surface area contributed by atoms with Crippen molar-refractivity contribution in [3.63, 3.8) is 0 Å². The molecule has 12 heavy (non-hydrogen) atoms. The molecule has 0 radical (unpaired) electrons.